The van der Waals surface area contributed by atoms with Gasteiger partial charge in [0.05, 0.1) is 59.5 Å². The maximum atomic E-state index is 5.43. The van der Waals surface area contributed by atoms with Crippen LogP contribution in [0.1, 0.15) is 26.2 Å². The van der Waals surface area contributed by atoms with E-state index in [1.165, 1.54) is 12.8 Å². The third kappa shape index (κ3) is 19.8. The van der Waals surface area contributed by atoms with Gasteiger partial charge in [0.2, 0.25) is 0 Å². The molecule has 0 rings (SSSR count). The van der Waals surface area contributed by atoms with E-state index in [2.05, 4.69) is 6.92 Å². The molecular weight excluding hydrogens is 274 g/mol. The van der Waals surface area contributed by atoms with E-state index in [0.29, 0.717) is 66.0 Å². The lowest BCUT2D eigenvalue weighted by molar-refractivity contribution is -0.0107. The van der Waals surface area contributed by atoms with Crippen LogP contribution in [0.3, 0.4) is 0 Å². The lowest BCUT2D eigenvalue weighted by atomic mass is 10.3. The van der Waals surface area contributed by atoms with Crippen LogP contribution < -0.4 is 5.73 Å². The quantitative estimate of drug-likeness (QED) is 0.384. The topological polar surface area (TPSA) is 72.2 Å². The molecule has 0 atom stereocenters. The van der Waals surface area contributed by atoms with Crippen LogP contribution in [-0.2, 0) is 23.7 Å². The molecule has 0 saturated heterocycles. The summed E-state index contributed by atoms with van der Waals surface area (Å²) >= 11 is 0. The Hall–Kier alpha value is -0.240. The lowest BCUT2D eigenvalue weighted by Gasteiger charge is -2.07. The zero-order chi connectivity index (χ0) is 15.4. The van der Waals surface area contributed by atoms with Crippen molar-refractivity contribution in [3.63, 3.8) is 0 Å². The molecule has 0 aromatic rings. The minimum Gasteiger partial charge on any atom is -0.379 e. The lowest BCUT2D eigenvalue weighted by Crippen LogP contribution is -2.14. The molecule has 0 aliphatic heterocycles. The van der Waals surface area contributed by atoms with Crippen LogP contribution in [0.2, 0.25) is 0 Å². The molecule has 0 aliphatic carbocycles. The second-order valence-corrected chi connectivity index (χ2v) is 4.56. The summed E-state index contributed by atoms with van der Waals surface area (Å²) < 4.78 is 26.7. The smallest absolute Gasteiger partial charge is 0.0701 e. The Labute approximate surface area is 129 Å². The Morgan fingerprint density at radius 2 is 0.905 bits per heavy atom. The van der Waals surface area contributed by atoms with E-state index in [0.717, 1.165) is 13.0 Å². The van der Waals surface area contributed by atoms with Crippen molar-refractivity contribution in [3.8, 4) is 0 Å². The van der Waals surface area contributed by atoms with E-state index >= 15 is 0 Å². The van der Waals surface area contributed by atoms with Gasteiger partial charge in [0.15, 0.2) is 0 Å². The predicted molar refractivity (Wildman–Crippen MR) is 82.7 cm³/mol. The molecular formula is C15H33NO5. The van der Waals surface area contributed by atoms with Crippen molar-refractivity contribution in [2.45, 2.75) is 26.2 Å². The van der Waals surface area contributed by atoms with Crippen LogP contribution in [0.4, 0.5) is 0 Å². The van der Waals surface area contributed by atoms with Gasteiger partial charge in [-0.05, 0) is 6.42 Å². The third-order valence-corrected chi connectivity index (χ3v) is 2.64. The van der Waals surface area contributed by atoms with Crippen molar-refractivity contribution in [1.29, 1.82) is 0 Å². The van der Waals surface area contributed by atoms with Gasteiger partial charge >= 0.3 is 0 Å². The minimum atomic E-state index is 0.549. The molecule has 0 spiro atoms. The second-order valence-electron chi connectivity index (χ2n) is 4.56. The molecule has 6 nitrogen and oxygen atoms in total. The van der Waals surface area contributed by atoms with Crippen molar-refractivity contribution in [3.05, 3.63) is 0 Å². The van der Waals surface area contributed by atoms with E-state index in [4.69, 9.17) is 29.4 Å². The molecule has 0 aliphatic rings. The largest absolute Gasteiger partial charge is 0.379 e. The molecule has 0 saturated carbocycles. The molecule has 0 aromatic carbocycles. The summed E-state index contributed by atoms with van der Waals surface area (Å²) in [6.45, 7) is 8.94. The van der Waals surface area contributed by atoms with Gasteiger partial charge < -0.3 is 29.4 Å². The van der Waals surface area contributed by atoms with Gasteiger partial charge in [-0.15, -0.1) is 0 Å². The maximum Gasteiger partial charge on any atom is 0.0701 e. The third-order valence-electron chi connectivity index (χ3n) is 2.64. The zero-order valence-corrected chi connectivity index (χ0v) is 13.5. The van der Waals surface area contributed by atoms with Crippen LogP contribution in [0.25, 0.3) is 0 Å². The standard InChI is InChI=1S/C15H33NO5/c1-2-3-4-6-17-8-10-19-12-14-21-15-13-20-11-9-18-7-5-16/h2-16H2,1H3. The zero-order valence-electron chi connectivity index (χ0n) is 13.5. The van der Waals surface area contributed by atoms with E-state index in [1.807, 2.05) is 0 Å². The minimum absolute atomic E-state index is 0.549. The molecule has 0 bridgehead atoms. The highest BCUT2D eigenvalue weighted by atomic mass is 16.6. The Morgan fingerprint density at radius 3 is 1.29 bits per heavy atom. The molecule has 2 N–H and O–H groups in total. The predicted octanol–water partition coefficient (Wildman–Crippen LogP) is 1.22. The van der Waals surface area contributed by atoms with Gasteiger partial charge in [-0.2, -0.15) is 0 Å². The van der Waals surface area contributed by atoms with Crippen molar-refractivity contribution >= 4 is 0 Å². The first-order valence-electron chi connectivity index (χ1n) is 8.00. The fraction of sp³-hybridized carbons (Fsp3) is 1.00. The summed E-state index contributed by atoms with van der Waals surface area (Å²) in [6.07, 6.45) is 3.59. The Bertz CT molecular complexity index is 165. The number of hydrogen-bond acceptors (Lipinski definition) is 6. The van der Waals surface area contributed by atoms with Gasteiger partial charge in [0.1, 0.15) is 0 Å². The van der Waals surface area contributed by atoms with Crippen LogP contribution in [0.15, 0.2) is 0 Å². The molecule has 0 fully saturated rings. The van der Waals surface area contributed by atoms with Gasteiger partial charge in [-0.3, -0.25) is 0 Å². The van der Waals surface area contributed by atoms with Crippen molar-refractivity contribution in [1.82, 2.24) is 0 Å². The number of ether oxygens (including phenoxy) is 5. The molecule has 0 amide bonds. The van der Waals surface area contributed by atoms with Crippen LogP contribution in [-0.4, -0.2) is 72.6 Å². The normalized spacial score (nSPS) is 11.1. The Balaban J connectivity index is 2.90. The molecule has 0 unspecified atom stereocenters. The van der Waals surface area contributed by atoms with Gasteiger partial charge in [-0.25, -0.2) is 0 Å². The Kier molecular flexibility index (Phi) is 19.5. The Morgan fingerprint density at radius 1 is 0.524 bits per heavy atom. The first kappa shape index (κ1) is 20.8. The number of nitrogens with two attached hydrogens (primary N) is 1. The SMILES string of the molecule is CCCCCOCCOCCOCCOCCOCCN. The molecule has 0 heterocycles. The fourth-order valence-corrected chi connectivity index (χ4v) is 1.52. The molecule has 128 valence electrons. The van der Waals surface area contributed by atoms with Crippen molar-refractivity contribution in [2.24, 2.45) is 5.73 Å². The van der Waals surface area contributed by atoms with E-state index in [9.17, 15) is 0 Å². The van der Waals surface area contributed by atoms with E-state index < -0.39 is 0 Å². The van der Waals surface area contributed by atoms with Gasteiger partial charge in [0, 0.05) is 13.2 Å². The van der Waals surface area contributed by atoms with Gasteiger partial charge in [-0.1, -0.05) is 19.8 Å². The number of hydrogen-bond donors (Lipinski definition) is 1. The highest BCUT2D eigenvalue weighted by Crippen LogP contribution is 1.93. The summed E-state index contributed by atoms with van der Waals surface area (Å²) in [7, 11) is 0. The van der Waals surface area contributed by atoms with Crippen LogP contribution in [0.5, 0.6) is 0 Å². The number of rotatable bonds is 18. The summed E-state index contributed by atoms with van der Waals surface area (Å²) in [4.78, 5) is 0. The second kappa shape index (κ2) is 19.8. The molecule has 0 aromatic heterocycles. The summed E-state index contributed by atoms with van der Waals surface area (Å²) in [5.74, 6) is 0. The fourth-order valence-electron chi connectivity index (χ4n) is 1.52. The first-order chi connectivity index (χ1) is 10.4. The highest BCUT2D eigenvalue weighted by molar-refractivity contribution is 4.38. The van der Waals surface area contributed by atoms with Crippen molar-refractivity contribution in [2.75, 3.05) is 72.6 Å². The van der Waals surface area contributed by atoms with E-state index in [1.54, 1.807) is 0 Å². The summed E-state index contributed by atoms with van der Waals surface area (Å²) in [5, 5.41) is 0. The van der Waals surface area contributed by atoms with Crippen LogP contribution in [0, 0.1) is 0 Å². The average molecular weight is 307 g/mol. The summed E-state index contributed by atoms with van der Waals surface area (Å²) in [5.41, 5.74) is 5.29. The van der Waals surface area contributed by atoms with Crippen molar-refractivity contribution < 1.29 is 23.7 Å². The average Bonchev–Trinajstić information content (AvgIpc) is 2.50. The molecule has 6 heteroatoms. The molecule has 21 heavy (non-hydrogen) atoms. The van der Waals surface area contributed by atoms with Crippen LogP contribution >= 0.6 is 0 Å². The number of unbranched alkanes of at least 4 members (excludes halogenated alkanes) is 2. The maximum absolute atomic E-state index is 5.43. The first-order valence-corrected chi connectivity index (χ1v) is 8.00. The van der Waals surface area contributed by atoms with E-state index in [-0.39, 0.29) is 0 Å². The summed E-state index contributed by atoms with van der Waals surface area (Å²) in [6, 6.07) is 0. The highest BCUT2D eigenvalue weighted by Gasteiger charge is 1.93. The molecule has 0 radical (unpaired) electrons. The van der Waals surface area contributed by atoms with Gasteiger partial charge in [0.25, 0.3) is 0 Å². The monoisotopic (exact) mass is 307 g/mol.